The zero-order chi connectivity index (χ0) is 13.8. The summed E-state index contributed by atoms with van der Waals surface area (Å²) in [5, 5.41) is 7.12. The van der Waals surface area contributed by atoms with Crippen LogP contribution >= 0.6 is 12.4 Å². The lowest BCUT2D eigenvalue weighted by Crippen LogP contribution is -2.24. The first-order chi connectivity index (χ1) is 9.10. The van der Waals surface area contributed by atoms with Crippen molar-refractivity contribution in [3.63, 3.8) is 0 Å². The standard InChI is InChI=1S/C13H19N5O.ClH/c1-9(14-2)7-11-16-13(19-17-11)10-5-6-12(15-8-10)18(3)4;/h5-6,8-9,14H,7H2,1-4H3;1H. The smallest absolute Gasteiger partial charge is 0.259 e. The number of aromatic nitrogens is 3. The molecule has 0 saturated carbocycles. The predicted molar refractivity (Wildman–Crippen MR) is 81.3 cm³/mol. The number of pyridine rings is 1. The first-order valence-corrected chi connectivity index (χ1v) is 6.23. The summed E-state index contributed by atoms with van der Waals surface area (Å²) in [4.78, 5) is 10.6. The molecule has 6 nitrogen and oxygen atoms in total. The second kappa shape index (κ2) is 7.21. The summed E-state index contributed by atoms with van der Waals surface area (Å²) >= 11 is 0. The minimum atomic E-state index is 0. The highest BCUT2D eigenvalue weighted by molar-refractivity contribution is 5.85. The average molecular weight is 298 g/mol. The van der Waals surface area contributed by atoms with Gasteiger partial charge in [-0.1, -0.05) is 5.16 Å². The van der Waals surface area contributed by atoms with Crippen LogP contribution in [0.3, 0.4) is 0 Å². The van der Waals surface area contributed by atoms with Crippen molar-refractivity contribution in [2.24, 2.45) is 0 Å². The Morgan fingerprint density at radius 3 is 2.65 bits per heavy atom. The van der Waals surface area contributed by atoms with Crippen molar-refractivity contribution in [2.45, 2.75) is 19.4 Å². The number of likely N-dealkylation sites (N-methyl/N-ethyl adjacent to an activating group) is 1. The summed E-state index contributed by atoms with van der Waals surface area (Å²) in [7, 11) is 5.81. The van der Waals surface area contributed by atoms with Gasteiger partial charge in [-0.25, -0.2) is 4.98 Å². The van der Waals surface area contributed by atoms with Crippen LogP contribution in [0, 0.1) is 0 Å². The molecule has 2 aromatic rings. The zero-order valence-electron chi connectivity index (χ0n) is 12.1. The molecule has 0 aliphatic heterocycles. The summed E-state index contributed by atoms with van der Waals surface area (Å²) in [6.07, 6.45) is 2.48. The second-order valence-electron chi connectivity index (χ2n) is 4.71. The summed E-state index contributed by atoms with van der Waals surface area (Å²) in [6, 6.07) is 4.18. The SMILES string of the molecule is CNC(C)Cc1noc(-c2ccc(N(C)C)nc2)n1.Cl. The Balaban J connectivity index is 0.00000200. The first kappa shape index (κ1) is 16.4. The highest BCUT2D eigenvalue weighted by Crippen LogP contribution is 2.18. The molecule has 1 N–H and O–H groups in total. The minimum Gasteiger partial charge on any atom is -0.363 e. The van der Waals surface area contributed by atoms with Crippen molar-refractivity contribution in [1.29, 1.82) is 0 Å². The fourth-order valence-corrected chi connectivity index (χ4v) is 1.61. The van der Waals surface area contributed by atoms with E-state index in [9.17, 15) is 0 Å². The molecule has 0 fully saturated rings. The van der Waals surface area contributed by atoms with Gasteiger partial charge in [0.05, 0.1) is 5.56 Å². The molecule has 0 aliphatic rings. The maximum absolute atomic E-state index is 5.25. The third-order valence-electron chi connectivity index (χ3n) is 2.90. The number of anilines is 1. The Morgan fingerprint density at radius 2 is 2.10 bits per heavy atom. The van der Waals surface area contributed by atoms with E-state index in [2.05, 4.69) is 27.4 Å². The van der Waals surface area contributed by atoms with Crippen LogP contribution in [0.2, 0.25) is 0 Å². The van der Waals surface area contributed by atoms with E-state index in [1.165, 1.54) is 0 Å². The van der Waals surface area contributed by atoms with E-state index < -0.39 is 0 Å². The predicted octanol–water partition coefficient (Wildman–Crippen LogP) is 1.77. The van der Waals surface area contributed by atoms with Gasteiger partial charge in [0.1, 0.15) is 5.82 Å². The maximum atomic E-state index is 5.25. The molecule has 2 rings (SSSR count). The van der Waals surface area contributed by atoms with Crippen molar-refractivity contribution < 1.29 is 4.52 Å². The molecular weight excluding hydrogens is 278 g/mol. The van der Waals surface area contributed by atoms with Crippen LogP contribution in [0.4, 0.5) is 5.82 Å². The normalized spacial score (nSPS) is 11.8. The van der Waals surface area contributed by atoms with Crippen LogP contribution < -0.4 is 10.2 Å². The third-order valence-corrected chi connectivity index (χ3v) is 2.90. The quantitative estimate of drug-likeness (QED) is 0.907. The number of nitrogens with zero attached hydrogens (tertiary/aromatic N) is 4. The highest BCUT2D eigenvalue weighted by Gasteiger charge is 2.11. The van der Waals surface area contributed by atoms with Crippen molar-refractivity contribution in [3.8, 4) is 11.5 Å². The number of hydrogen-bond donors (Lipinski definition) is 1. The van der Waals surface area contributed by atoms with E-state index >= 15 is 0 Å². The molecule has 0 aromatic carbocycles. The molecule has 0 radical (unpaired) electrons. The van der Waals surface area contributed by atoms with Crippen LogP contribution in [0.25, 0.3) is 11.5 Å². The largest absolute Gasteiger partial charge is 0.363 e. The van der Waals surface area contributed by atoms with Gasteiger partial charge in [0, 0.05) is 32.8 Å². The molecule has 2 heterocycles. The van der Waals surface area contributed by atoms with Crippen LogP contribution in [0.15, 0.2) is 22.9 Å². The van der Waals surface area contributed by atoms with Crippen molar-refractivity contribution in [2.75, 3.05) is 26.0 Å². The number of hydrogen-bond acceptors (Lipinski definition) is 6. The van der Waals surface area contributed by atoms with E-state index in [0.717, 1.165) is 17.8 Å². The monoisotopic (exact) mass is 297 g/mol. The van der Waals surface area contributed by atoms with E-state index in [-0.39, 0.29) is 12.4 Å². The van der Waals surface area contributed by atoms with E-state index in [4.69, 9.17) is 4.52 Å². The zero-order valence-corrected chi connectivity index (χ0v) is 12.9. The van der Waals surface area contributed by atoms with Gasteiger partial charge >= 0.3 is 0 Å². The van der Waals surface area contributed by atoms with Gasteiger partial charge in [0.25, 0.3) is 5.89 Å². The Bertz CT molecular complexity index is 526. The van der Waals surface area contributed by atoms with E-state index in [1.807, 2.05) is 38.2 Å². The average Bonchev–Trinajstić information content (AvgIpc) is 2.87. The maximum Gasteiger partial charge on any atom is 0.259 e. The number of halogens is 1. The third kappa shape index (κ3) is 3.91. The van der Waals surface area contributed by atoms with Gasteiger partial charge in [-0.2, -0.15) is 4.98 Å². The molecule has 0 spiro atoms. The lowest BCUT2D eigenvalue weighted by Gasteiger charge is -2.10. The minimum absolute atomic E-state index is 0. The van der Waals surface area contributed by atoms with Crippen molar-refractivity contribution >= 4 is 18.2 Å². The van der Waals surface area contributed by atoms with Crippen LogP contribution in [-0.4, -0.2) is 42.3 Å². The van der Waals surface area contributed by atoms with Gasteiger partial charge in [-0.15, -0.1) is 12.4 Å². The molecule has 1 atom stereocenters. The van der Waals surface area contributed by atoms with Crippen molar-refractivity contribution in [3.05, 3.63) is 24.2 Å². The number of rotatable bonds is 5. The summed E-state index contributed by atoms with van der Waals surface area (Å²) in [6.45, 7) is 2.07. The molecule has 1 unspecified atom stereocenters. The van der Waals surface area contributed by atoms with Gasteiger partial charge in [0.2, 0.25) is 0 Å². The molecule has 0 aliphatic carbocycles. The highest BCUT2D eigenvalue weighted by atomic mass is 35.5. The lowest BCUT2D eigenvalue weighted by atomic mass is 10.2. The van der Waals surface area contributed by atoms with Crippen LogP contribution in [0.1, 0.15) is 12.7 Å². The Hall–Kier alpha value is -1.66. The summed E-state index contributed by atoms with van der Waals surface area (Å²) < 4.78 is 5.25. The van der Waals surface area contributed by atoms with Crippen molar-refractivity contribution in [1.82, 2.24) is 20.4 Å². The molecule has 0 saturated heterocycles. The number of nitrogens with one attached hydrogen (secondary N) is 1. The topological polar surface area (TPSA) is 67.1 Å². The fourth-order valence-electron chi connectivity index (χ4n) is 1.61. The Morgan fingerprint density at radius 1 is 1.35 bits per heavy atom. The van der Waals surface area contributed by atoms with E-state index in [1.54, 1.807) is 6.20 Å². The molecule has 0 amide bonds. The fraction of sp³-hybridized carbons (Fsp3) is 0.462. The van der Waals surface area contributed by atoms with Crippen LogP contribution in [-0.2, 0) is 6.42 Å². The Kier molecular flexibility index (Phi) is 5.91. The molecule has 20 heavy (non-hydrogen) atoms. The molecule has 2 aromatic heterocycles. The van der Waals surface area contributed by atoms with E-state index in [0.29, 0.717) is 17.8 Å². The Labute approximate surface area is 125 Å². The molecule has 7 heteroatoms. The van der Waals surface area contributed by atoms with Gasteiger partial charge in [0.15, 0.2) is 5.82 Å². The van der Waals surface area contributed by atoms with Gasteiger partial charge in [-0.05, 0) is 26.1 Å². The van der Waals surface area contributed by atoms with Crippen LogP contribution in [0.5, 0.6) is 0 Å². The van der Waals surface area contributed by atoms with Gasteiger partial charge in [-0.3, -0.25) is 0 Å². The second-order valence-corrected chi connectivity index (χ2v) is 4.71. The molecular formula is C13H20ClN5O. The summed E-state index contributed by atoms with van der Waals surface area (Å²) in [5.74, 6) is 2.11. The molecule has 0 bridgehead atoms. The molecule has 110 valence electrons. The lowest BCUT2D eigenvalue weighted by molar-refractivity contribution is 0.418. The summed E-state index contributed by atoms with van der Waals surface area (Å²) in [5.41, 5.74) is 0.835. The first-order valence-electron chi connectivity index (χ1n) is 6.23. The van der Waals surface area contributed by atoms with Gasteiger partial charge < -0.3 is 14.7 Å².